The van der Waals surface area contributed by atoms with Crippen molar-refractivity contribution in [2.75, 3.05) is 13.1 Å². The van der Waals surface area contributed by atoms with E-state index in [9.17, 15) is 0 Å². The van der Waals surface area contributed by atoms with Gasteiger partial charge < -0.3 is 0 Å². The molecule has 1 aliphatic heterocycles. The molecule has 4 heteroatoms. The zero-order valence-electron chi connectivity index (χ0n) is 7.29. The molecule has 0 aliphatic carbocycles. The van der Waals surface area contributed by atoms with Gasteiger partial charge in [-0.2, -0.15) is 0 Å². The van der Waals surface area contributed by atoms with Gasteiger partial charge in [0.1, 0.15) is 11.4 Å². The van der Waals surface area contributed by atoms with Gasteiger partial charge in [-0.15, -0.1) is 0 Å². The second-order valence-corrected chi connectivity index (χ2v) is 3.18. The van der Waals surface area contributed by atoms with Crippen molar-refractivity contribution < 1.29 is 4.63 Å². The highest BCUT2D eigenvalue weighted by Gasteiger charge is 2.19. The first kappa shape index (κ1) is 7.73. The van der Waals surface area contributed by atoms with Gasteiger partial charge in [0, 0.05) is 19.5 Å². The first-order valence-corrected chi connectivity index (χ1v) is 4.43. The molecule has 2 heterocycles. The summed E-state index contributed by atoms with van der Waals surface area (Å²) in [4.78, 5) is 2.38. The number of hydrogen-bond donors (Lipinski definition) is 0. The van der Waals surface area contributed by atoms with E-state index in [1.165, 1.54) is 6.42 Å². The number of aromatic nitrogens is 2. The Morgan fingerprint density at radius 2 is 2.25 bits per heavy atom. The minimum absolute atomic E-state index is 0.909. The highest BCUT2D eigenvalue weighted by molar-refractivity contribution is 5.10. The molecule has 1 aromatic rings. The Hall–Kier alpha value is -0.900. The lowest BCUT2D eigenvalue weighted by molar-refractivity contribution is 0.248. The third-order valence-electron chi connectivity index (χ3n) is 2.21. The van der Waals surface area contributed by atoms with Gasteiger partial charge in [-0.1, -0.05) is 17.2 Å². The van der Waals surface area contributed by atoms with Gasteiger partial charge in [-0.25, -0.2) is 4.63 Å². The van der Waals surface area contributed by atoms with Gasteiger partial charge in [0.15, 0.2) is 0 Å². The summed E-state index contributed by atoms with van der Waals surface area (Å²) in [6, 6.07) is 0. The summed E-state index contributed by atoms with van der Waals surface area (Å²) in [7, 11) is 0. The molecule has 0 saturated heterocycles. The van der Waals surface area contributed by atoms with Crippen LogP contribution in [0.1, 0.15) is 24.7 Å². The second-order valence-electron chi connectivity index (χ2n) is 3.18. The summed E-state index contributed by atoms with van der Waals surface area (Å²) < 4.78 is 4.67. The molecule has 0 saturated carbocycles. The van der Waals surface area contributed by atoms with Crippen molar-refractivity contribution in [2.45, 2.75) is 26.3 Å². The molecule has 0 amide bonds. The normalized spacial score (nSPS) is 17.8. The van der Waals surface area contributed by atoms with Crippen molar-refractivity contribution in [2.24, 2.45) is 0 Å². The first-order valence-electron chi connectivity index (χ1n) is 4.43. The Kier molecular flexibility index (Phi) is 2.08. The third kappa shape index (κ3) is 1.34. The summed E-state index contributed by atoms with van der Waals surface area (Å²) in [5.74, 6) is 0. The monoisotopic (exact) mass is 167 g/mol. The number of hydrogen-bond acceptors (Lipinski definition) is 4. The lowest BCUT2D eigenvalue weighted by Gasteiger charge is -2.23. The molecule has 0 bridgehead atoms. The Morgan fingerprint density at radius 1 is 1.42 bits per heavy atom. The molecule has 0 fully saturated rings. The van der Waals surface area contributed by atoms with E-state index >= 15 is 0 Å². The minimum Gasteiger partial charge on any atom is -0.297 e. The summed E-state index contributed by atoms with van der Waals surface area (Å²) in [6.45, 7) is 5.34. The van der Waals surface area contributed by atoms with Crippen LogP contribution < -0.4 is 0 Å². The van der Waals surface area contributed by atoms with E-state index in [1.54, 1.807) is 0 Å². The SMILES string of the molecule is CCCN1CCc2nonc2C1. The zero-order chi connectivity index (χ0) is 8.39. The smallest absolute Gasteiger partial charge is 0.122 e. The van der Waals surface area contributed by atoms with E-state index in [-0.39, 0.29) is 0 Å². The molecule has 0 atom stereocenters. The van der Waals surface area contributed by atoms with Crippen LogP contribution in [0.3, 0.4) is 0 Å². The molecule has 0 aromatic carbocycles. The van der Waals surface area contributed by atoms with Crippen LogP contribution in [0.25, 0.3) is 0 Å². The molecule has 0 radical (unpaired) electrons. The fourth-order valence-electron chi connectivity index (χ4n) is 1.60. The molecule has 1 aliphatic rings. The molecule has 0 N–H and O–H groups in total. The number of fused-ring (bicyclic) bond motifs is 1. The molecule has 0 unspecified atom stereocenters. The first-order chi connectivity index (χ1) is 5.90. The van der Waals surface area contributed by atoms with E-state index in [0.717, 1.165) is 37.4 Å². The largest absolute Gasteiger partial charge is 0.297 e. The van der Waals surface area contributed by atoms with Gasteiger partial charge >= 0.3 is 0 Å². The van der Waals surface area contributed by atoms with Crippen LogP contribution in [0.2, 0.25) is 0 Å². The standard InChI is InChI=1S/C8H13N3O/c1-2-4-11-5-3-7-8(6-11)10-12-9-7/h2-6H2,1H3. The van der Waals surface area contributed by atoms with Crippen molar-refractivity contribution in [1.82, 2.24) is 15.2 Å². The van der Waals surface area contributed by atoms with E-state index in [1.807, 2.05) is 0 Å². The average molecular weight is 167 g/mol. The summed E-state index contributed by atoms with van der Waals surface area (Å²) >= 11 is 0. The van der Waals surface area contributed by atoms with Crippen molar-refractivity contribution in [3.63, 3.8) is 0 Å². The second kappa shape index (κ2) is 3.23. The van der Waals surface area contributed by atoms with Crippen LogP contribution in [0.4, 0.5) is 0 Å². The Balaban J connectivity index is 2.05. The fraction of sp³-hybridized carbons (Fsp3) is 0.750. The quantitative estimate of drug-likeness (QED) is 0.654. The van der Waals surface area contributed by atoms with Crippen LogP contribution in [-0.4, -0.2) is 28.3 Å². The minimum atomic E-state index is 0.909. The van der Waals surface area contributed by atoms with Crippen molar-refractivity contribution >= 4 is 0 Å². The van der Waals surface area contributed by atoms with E-state index in [4.69, 9.17) is 0 Å². The zero-order valence-corrected chi connectivity index (χ0v) is 7.29. The van der Waals surface area contributed by atoms with Crippen LogP contribution in [0.5, 0.6) is 0 Å². The Morgan fingerprint density at radius 3 is 3.08 bits per heavy atom. The van der Waals surface area contributed by atoms with Crippen molar-refractivity contribution in [1.29, 1.82) is 0 Å². The lowest BCUT2D eigenvalue weighted by atomic mass is 10.1. The van der Waals surface area contributed by atoms with Crippen LogP contribution in [-0.2, 0) is 13.0 Å². The lowest BCUT2D eigenvalue weighted by Crippen LogP contribution is -2.31. The molecule has 1 aromatic heterocycles. The van der Waals surface area contributed by atoms with Gasteiger partial charge in [-0.05, 0) is 13.0 Å². The van der Waals surface area contributed by atoms with Gasteiger partial charge in [0.05, 0.1) is 0 Å². The molecule has 0 spiro atoms. The van der Waals surface area contributed by atoms with Gasteiger partial charge in [-0.3, -0.25) is 4.90 Å². The van der Waals surface area contributed by atoms with Crippen LogP contribution in [0, 0.1) is 0 Å². The predicted octanol–water partition coefficient (Wildman–Crippen LogP) is 0.838. The third-order valence-corrected chi connectivity index (χ3v) is 2.21. The summed E-state index contributed by atoms with van der Waals surface area (Å²) in [5, 5.41) is 7.70. The van der Waals surface area contributed by atoms with Crippen molar-refractivity contribution in [3.05, 3.63) is 11.4 Å². The highest BCUT2D eigenvalue weighted by atomic mass is 16.6. The molecule has 66 valence electrons. The molecule has 2 rings (SSSR count). The van der Waals surface area contributed by atoms with E-state index in [2.05, 4.69) is 26.8 Å². The maximum atomic E-state index is 4.67. The molecular formula is C8H13N3O. The highest BCUT2D eigenvalue weighted by Crippen LogP contribution is 2.14. The van der Waals surface area contributed by atoms with Crippen molar-refractivity contribution in [3.8, 4) is 0 Å². The van der Waals surface area contributed by atoms with Crippen LogP contribution >= 0.6 is 0 Å². The maximum Gasteiger partial charge on any atom is 0.122 e. The van der Waals surface area contributed by atoms with Gasteiger partial charge in [0.25, 0.3) is 0 Å². The maximum absolute atomic E-state index is 4.67. The summed E-state index contributed by atoms with van der Waals surface area (Å²) in [5.41, 5.74) is 2.07. The van der Waals surface area contributed by atoms with E-state index in [0.29, 0.717) is 0 Å². The number of rotatable bonds is 2. The fourth-order valence-corrected chi connectivity index (χ4v) is 1.60. The Labute approximate surface area is 71.5 Å². The molecular weight excluding hydrogens is 154 g/mol. The molecule has 4 nitrogen and oxygen atoms in total. The Bertz CT molecular complexity index is 259. The summed E-state index contributed by atoms with van der Waals surface area (Å²) in [6.07, 6.45) is 2.18. The van der Waals surface area contributed by atoms with Crippen LogP contribution in [0.15, 0.2) is 4.63 Å². The number of nitrogens with zero attached hydrogens (tertiary/aromatic N) is 3. The topological polar surface area (TPSA) is 42.2 Å². The molecule has 12 heavy (non-hydrogen) atoms. The average Bonchev–Trinajstić information content (AvgIpc) is 2.51. The van der Waals surface area contributed by atoms with E-state index < -0.39 is 0 Å². The predicted molar refractivity (Wildman–Crippen MR) is 43.6 cm³/mol. The van der Waals surface area contributed by atoms with Gasteiger partial charge in [0.2, 0.25) is 0 Å².